The van der Waals surface area contributed by atoms with E-state index in [0.717, 1.165) is 6.42 Å². The molecular weight excluding hydrogens is 120 g/mol. The van der Waals surface area contributed by atoms with Crippen LogP contribution < -0.4 is 0 Å². The first kappa shape index (κ1) is 9.74. The van der Waals surface area contributed by atoms with Crippen molar-refractivity contribution >= 4 is 0 Å². The largest absolute Gasteiger partial charge is 0.0811 e. The van der Waals surface area contributed by atoms with Crippen LogP contribution in [0.15, 0.2) is 6.08 Å². The quantitative estimate of drug-likeness (QED) is 0.492. The molecule has 0 fully saturated rings. The Morgan fingerprint density at radius 2 is 1.90 bits per heavy atom. The Hall–Kier alpha value is -0.260. The normalized spacial score (nSPS) is 11.0. The van der Waals surface area contributed by atoms with Crippen molar-refractivity contribution < 1.29 is 0 Å². The number of hydrogen-bond acceptors (Lipinski definition) is 0. The Morgan fingerprint density at radius 1 is 1.10 bits per heavy atom. The predicted octanol–water partition coefficient (Wildman–Crippen LogP) is 3.73. The van der Waals surface area contributed by atoms with E-state index >= 15 is 0 Å². The highest BCUT2D eigenvalue weighted by Crippen LogP contribution is 1.99. The highest BCUT2D eigenvalue weighted by atomic mass is 13.9. The lowest BCUT2D eigenvalue weighted by atomic mass is 10.2. The third kappa shape index (κ3) is 7.74. The first-order valence-corrected chi connectivity index (χ1v) is 4.46. The van der Waals surface area contributed by atoms with Gasteiger partial charge in [0.05, 0.1) is 0 Å². The summed E-state index contributed by atoms with van der Waals surface area (Å²) in [6, 6.07) is 0. The standard InChI is InChI=1S/C10H19/c1-3-5-7-9-10-8-6-4-2/h10H,3-7,9H2,1-2H3. The number of rotatable bonds is 6. The average Bonchev–Trinajstić information content (AvgIpc) is 1.97. The van der Waals surface area contributed by atoms with Gasteiger partial charge in [-0.25, -0.2) is 0 Å². The van der Waals surface area contributed by atoms with E-state index in [1.165, 1.54) is 32.1 Å². The Morgan fingerprint density at radius 3 is 2.50 bits per heavy atom. The van der Waals surface area contributed by atoms with Crippen LogP contribution in [-0.4, -0.2) is 0 Å². The number of unbranched alkanes of at least 4 members (excludes halogenated alkanes) is 4. The lowest BCUT2D eigenvalue weighted by Gasteiger charge is -1.90. The van der Waals surface area contributed by atoms with Gasteiger partial charge in [0.1, 0.15) is 0 Å². The minimum Gasteiger partial charge on any atom is -0.0811 e. The zero-order valence-electron chi connectivity index (χ0n) is 7.32. The van der Waals surface area contributed by atoms with Gasteiger partial charge in [-0.2, -0.15) is 0 Å². The van der Waals surface area contributed by atoms with Crippen molar-refractivity contribution in [3.8, 4) is 0 Å². The molecule has 0 aromatic rings. The summed E-state index contributed by atoms with van der Waals surface area (Å²) in [4.78, 5) is 0. The van der Waals surface area contributed by atoms with Crippen LogP contribution in [0.3, 0.4) is 0 Å². The van der Waals surface area contributed by atoms with Gasteiger partial charge in [-0.15, -0.1) is 0 Å². The molecule has 0 heteroatoms. The molecule has 0 nitrogen and oxygen atoms in total. The topological polar surface area (TPSA) is 0 Å². The van der Waals surface area contributed by atoms with Gasteiger partial charge in [-0.1, -0.05) is 39.2 Å². The molecule has 10 heavy (non-hydrogen) atoms. The minimum atomic E-state index is 1.13. The van der Waals surface area contributed by atoms with Crippen LogP contribution >= 0.6 is 0 Å². The van der Waals surface area contributed by atoms with Crippen molar-refractivity contribution in [3.63, 3.8) is 0 Å². The molecule has 1 radical (unpaired) electrons. The summed E-state index contributed by atoms with van der Waals surface area (Å²) in [6.07, 6.45) is 13.1. The zero-order chi connectivity index (χ0) is 7.66. The lowest BCUT2D eigenvalue weighted by Crippen LogP contribution is -1.71. The smallest absolute Gasteiger partial charge is 0.0282 e. The maximum atomic E-state index is 3.27. The van der Waals surface area contributed by atoms with E-state index in [-0.39, 0.29) is 0 Å². The Kier molecular flexibility index (Phi) is 8.51. The number of allylic oxidation sites excluding steroid dienone is 2. The van der Waals surface area contributed by atoms with E-state index in [4.69, 9.17) is 0 Å². The molecule has 0 aromatic carbocycles. The van der Waals surface area contributed by atoms with Gasteiger partial charge in [0.25, 0.3) is 0 Å². The van der Waals surface area contributed by atoms with Crippen LogP contribution in [0, 0.1) is 6.08 Å². The Labute approximate surface area is 65.3 Å². The van der Waals surface area contributed by atoms with Crippen LogP contribution in [0.4, 0.5) is 0 Å². The molecule has 0 atom stereocenters. The van der Waals surface area contributed by atoms with Crippen LogP contribution in [0.25, 0.3) is 0 Å². The van der Waals surface area contributed by atoms with Gasteiger partial charge in [-0.05, 0) is 25.3 Å². The van der Waals surface area contributed by atoms with Gasteiger partial charge in [0.2, 0.25) is 0 Å². The molecular formula is C10H19. The van der Waals surface area contributed by atoms with Gasteiger partial charge in [0, 0.05) is 0 Å². The summed E-state index contributed by atoms with van der Waals surface area (Å²) in [5.74, 6) is 0. The third-order valence-electron chi connectivity index (χ3n) is 1.49. The Balaban J connectivity index is 2.88. The summed E-state index contributed by atoms with van der Waals surface area (Å²) >= 11 is 0. The summed E-state index contributed by atoms with van der Waals surface area (Å²) in [5, 5.41) is 0. The molecule has 0 aliphatic heterocycles. The van der Waals surface area contributed by atoms with Crippen LogP contribution in [0.5, 0.6) is 0 Å². The summed E-state index contributed by atoms with van der Waals surface area (Å²) in [6.45, 7) is 4.42. The second kappa shape index (κ2) is 8.74. The van der Waals surface area contributed by atoms with Crippen LogP contribution in [-0.2, 0) is 0 Å². The first-order valence-electron chi connectivity index (χ1n) is 4.46. The molecule has 0 heterocycles. The summed E-state index contributed by atoms with van der Waals surface area (Å²) in [7, 11) is 0. The maximum absolute atomic E-state index is 3.27. The fourth-order valence-corrected chi connectivity index (χ4v) is 0.845. The molecule has 0 amide bonds. The molecule has 0 saturated carbocycles. The molecule has 0 aliphatic rings. The van der Waals surface area contributed by atoms with Gasteiger partial charge in [-0.3, -0.25) is 0 Å². The maximum Gasteiger partial charge on any atom is -0.0282 e. The molecule has 0 spiro atoms. The predicted molar refractivity (Wildman–Crippen MR) is 46.9 cm³/mol. The fourth-order valence-electron chi connectivity index (χ4n) is 0.845. The zero-order valence-corrected chi connectivity index (χ0v) is 7.32. The molecule has 0 saturated heterocycles. The van der Waals surface area contributed by atoms with E-state index in [0.29, 0.717) is 0 Å². The second-order valence-corrected chi connectivity index (χ2v) is 2.65. The molecule has 0 rings (SSSR count). The van der Waals surface area contributed by atoms with Crippen LogP contribution in [0.2, 0.25) is 0 Å². The van der Waals surface area contributed by atoms with E-state index < -0.39 is 0 Å². The molecule has 59 valence electrons. The van der Waals surface area contributed by atoms with E-state index in [1.54, 1.807) is 0 Å². The number of hydrogen-bond donors (Lipinski definition) is 0. The van der Waals surface area contributed by atoms with Crippen molar-refractivity contribution in [2.45, 2.75) is 52.4 Å². The second-order valence-electron chi connectivity index (χ2n) is 2.65. The molecule has 0 unspecified atom stereocenters. The van der Waals surface area contributed by atoms with Gasteiger partial charge in [0.15, 0.2) is 0 Å². The highest BCUT2D eigenvalue weighted by molar-refractivity contribution is 4.72. The third-order valence-corrected chi connectivity index (χ3v) is 1.49. The van der Waals surface area contributed by atoms with Crippen molar-refractivity contribution in [2.75, 3.05) is 0 Å². The molecule has 0 aromatic heterocycles. The van der Waals surface area contributed by atoms with E-state index in [1.807, 2.05) is 0 Å². The highest BCUT2D eigenvalue weighted by Gasteiger charge is 1.80. The summed E-state index contributed by atoms with van der Waals surface area (Å²) < 4.78 is 0. The Bertz CT molecular complexity index is 72.1. The molecule has 0 N–H and O–H groups in total. The van der Waals surface area contributed by atoms with Gasteiger partial charge < -0.3 is 0 Å². The minimum absolute atomic E-state index is 1.13. The van der Waals surface area contributed by atoms with E-state index in [9.17, 15) is 0 Å². The monoisotopic (exact) mass is 139 g/mol. The lowest BCUT2D eigenvalue weighted by molar-refractivity contribution is 0.726. The van der Waals surface area contributed by atoms with Crippen molar-refractivity contribution in [2.24, 2.45) is 0 Å². The first-order chi connectivity index (χ1) is 4.91. The van der Waals surface area contributed by atoms with Crippen LogP contribution in [0.1, 0.15) is 52.4 Å². The van der Waals surface area contributed by atoms with Gasteiger partial charge >= 0.3 is 0 Å². The van der Waals surface area contributed by atoms with Crippen molar-refractivity contribution in [1.82, 2.24) is 0 Å². The molecule has 0 bridgehead atoms. The SMILES string of the molecule is CCC/[C]=C\CCCCC. The fraction of sp³-hybridized carbons (Fsp3) is 0.800. The summed E-state index contributed by atoms with van der Waals surface area (Å²) in [5.41, 5.74) is 0. The van der Waals surface area contributed by atoms with E-state index in [2.05, 4.69) is 26.0 Å². The van der Waals surface area contributed by atoms with Crippen molar-refractivity contribution in [1.29, 1.82) is 0 Å². The average molecular weight is 139 g/mol. The van der Waals surface area contributed by atoms with Crippen molar-refractivity contribution in [3.05, 3.63) is 12.2 Å². The molecule has 0 aliphatic carbocycles.